The first-order valence-electron chi connectivity index (χ1n) is 7.60. The number of benzene rings is 2. The molecule has 25 heavy (non-hydrogen) atoms. The van der Waals surface area contributed by atoms with Crippen molar-refractivity contribution in [3.8, 4) is 17.0 Å². The topological polar surface area (TPSA) is 68.3 Å². The first kappa shape index (κ1) is 17.4. The van der Waals surface area contributed by atoms with Crippen molar-refractivity contribution in [2.24, 2.45) is 0 Å². The second-order valence-electron chi connectivity index (χ2n) is 5.60. The molecule has 0 spiro atoms. The lowest BCUT2D eigenvalue weighted by Gasteiger charge is -2.12. The van der Waals surface area contributed by atoms with Crippen LogP contribution in [0.4, 0.5) is 5.13 Å². The minimum Gasteiger partial charge on any atom is -0.495 e. The summed E-state index contributed by atoms with van der Waals surface area (Å²) in [5, 5.41) is 2.14. The van der Waals surface area contributed by atoms with E-state index in [0.717, 1.165) is 22.4 Å². The number of methoxy groups -OCH3 is 1. The van der Waals surface area contributed by atoms with Gasteiger partial charge in [0.2, 0.25) is 0 Å². The van der Waals surface area contributed by atoms with Gasteiger partial charge in [-0.1, -0.05) is 30.3 Å². The molecule has 0 aliphatic rings. The van der Waals surface area contributed by atoms with E-state index in [1.54, 1.807) is 12.1 Å². The van der Waals surface area contributed by atoms with Crippen LogP contribution in [-0.2, 0) is 10.0 Å². The second kappa shape index (κ2) is 6.85. The van der Waals surface area contributed by atoms with Crippen molar-refractivity contribution < 1.29 is 13.2 Å². The van der Waals surface area contributed by atoms with Crippen molar-refractivity contribution in [2.75, 3.05) is 11.8 Å². The Morgan fingerprint density at radius 2 is 1.76 bits per heavy atom. The molecule has 0 fully saturated rings. The average molecular weight is 374 g/mol. The van der Waals surface area contributed by atoms with Gasteiger partial charge in [-0.3, -0.25) is 4.72 Å². The van der Waals surface area contributed by atoms with Crippen LogP contribution in [-0.4, -0.2) is 20.5 Å². The van der Waals surface area contributed by atoms with E-state index in [0.29, 0.717) is 10.9 Å². The molecule has 0 amide bonds. The zero-order valence-corrected chi connectivity index (χ0v) is 15.7. The predicted octanol–water partition coefficient (Wildman–Crippen LogP) is 4.24. The van der Waals surface area contributed by atoms with Gasteiger partial charge in [0.1, 0.15) is 10.6 Å². The number of nitrogens with zero attached hydrogens (tertiary/aromatic N) is 1. The van der Waals surface area contributed by atoms with E-state index >= 15 is 0 Å². The zero-order chi connectivity index (χ0) is 18.0. The molecule has 0 saturated carbocycles. The normalized spacial score (nSPS) is 11.3. The van der Waals surface area contributed by atoms with E-state index in [-0.39, 0.29) is 4.90 Å². The van der Waals surface area contributed by atoms with Gasteiger partial charge in [-0.05, 0) is 37.1 Å². The fourth-order valence-electron chi connectivity index (χ4n) is 2.36. The molecule has 3 rings (SSSR count). The van der Waals surface area contributed by atoms with Crippen molar-refractivity contribution in [2.45, 2.75) is 18.7 Å². The second-order valence-corrected chi connectivity index (χ2v) is 8.11. The minimum absolute atomic E-state index is 0.106. The van der Waals surface area contributed by atoms with Crippen LogP contribution in [0.2, 0.25) is 0 Å². The Labute approximate surface area is 151 Å². The Bertz CT molecular complexity index is 996. The molecule has 0 unspecified atom stereocenters. The molecule has 0 saturated heterocycles. The molecule has 1 heterocycles. The lowest BCUT2D eigenvalue weighted by molar-refractivity contribution is 0.402. The maximum atomic E-state index is 12.8. The van der Waals surface area contributed by atoms with E-state index in [9.17, 15) is 8.42 Å². The molecule has 0 atom stereocenters. The van der Waals surface area contributed by atoms with Gasteiger partial charge < -0.3 is 4.74 Å². The molecule has 2 aromatic carbocycles. The summed E-state index contributed by atoms with van der Waals surface area (Å²) in [4.78, 5) is 4.48. The zero-order valence-electron chi connectivity index (χ0n) is 14.1. The Balaban J connectivity index is 1.93. The predicted molar refractivity (Wildman–Crippen MR) is 101 cm³/mol. The molecule has 5 nitrogen and oxygen atoms in total. The van der Waals surface area contributed by atoms with Gasteiger partial charge in [-0.2, -0.15) is 0 Å². The first-order valence-corrected chi connectivity index (χ1v) is 9.96. The van der Waals surface area contributed by atoms with E-state index in [1.807, 2.05) is 49.6 Å². The molecule has 0 aliphatic carbocycles. The number of aromatic nitrogens is 1. The van der Waals surface area contributed by atoms with E-state index in [1.165, 1.54) is 18.4 Å². The quantitative estimate of drug-likeness (QED) is 0.725. The van der Waals surface area contributed by atoms with Crippen molar-refractivity contribution >= 4 is 26.5 Å². The van der Waals surface area contributed by atoms with Crippen LogP contribution in [0.1, 0.15) is 11.1 Å². The van der Waals surface area contributed by atoms with Crippen LogP contribution < -0.4 is 9.46 Å². The molecule has 0 aliphatic heterocycles. The third-order valence-corrected chi connectivity index (χ3v) is 6.11. The van der Waals surface area contributed by atoms with Gasteiger partial charge in [-0.15, -0.1) is 11.3 Å². The van der Waals surface area contributed by atoms with E-state index in [4.69, 9.17) is 4.74 Å². The van der Waals surface area contributed by atoms with E-state index < -0.39 is 10.0 Å². The number of thiazole rings is 1. The van der Waals surface area contributed by atoms with Gasteiger partial charge in [0.05, 0.1) is 12.8 Å². The third-order valence-electron chi connectivity index (χ3n) is 3.86. The molecular formula is C18H18N2O3S2. The standard InChI is InChI=1S/C18H18N2O3S2/c1-12-9-16(23-3)17(10-13(12)2)25(21,22)20-18-19-15(11-24-18)14-7-5-4-6-8-14/h4-11H,1-3H3,(H,19,20). The van der Waals surface area contributed by atoms with Crippen LogP contribution in [0.3, 0.4) is 0 Å². The highest BCUT2D eigenvalue weighted by Crippen LogP contribution is 2.31. The number of aryl methyl sites for hydroxylation is 2. The summed E-state index contributed by atoms with van der Waals surface area (Å²) in [5.41, 5.74) is 3.52. The highest BCUT2D eigenvalue weighted by atomic mass is 32.2. The van der Waals surface area contributed by atoms with Crippen LogP contribution in [0.15, 0.2) is 52.7 Å². The van der Waals surface area contributed by atoms with Crippen molar-refractivity contribution in [3.05, 3.63) is 59.0 Å². The molecule has 1 N–H and O–H groups in total. The van der Waals surface area contributed by atoms with Crippen molar-refractivity contribution in [3.63, 3.8) is 0 Å². The highest BCUT2D eigenvalue weighted by Gasteiger charge is 2.22. The van der Waals surface area contributed by atoms with Crippen molar-refractivity contribution in [1.29, 1.82) is 0 Å². The van der Waals surface area contributed by atoms with Gasteiger partial charge in [0.15, 0.2) is 5.13 Å². The molecular weight excluding hydrogens is 356 g/mol. The van der Waals surface area contributed by atoms with Gasteiger partial charge in [0, 0.05) is 10.9 Å². The number of anilines is 1. The fraction of sp³-hybridized carbons (Fsp3) is 0.167. The summed E-state index contributed by atoms with van der Waals surface area (Å²) in [7, 11) is -2.33. The van der Waals surface area contributed by atoms with Gasteiger partial charge in [-0.25, -0.2) is 13.4 Å². The molecule has 0 bridgehead atoms. The summed E-state index contributed by atoms with van der Waals surface area (Å²) >= 11 is 1.24. The van der Waals surface area contributed by atoms with Crippen molar-refractivity contribution in [1.82, 2.24) is 4.98 Å². The number of rotatable bonds is 5. The largest absolute Gasteiger partial charge is 0.495 e. The number of ether oxygens (including phenoxy) is 1. The lowest BCUT2D eigenvalue weighted by atomic mass is 10.1. The number of hydrogen-bond donors (Lipinski definition) is 1. The molecule has 0 radical (unpaired) electrons. The Kier molecular flexibility index (Phi) is 4.78. The Hall–Kier alpha value is -2.38. The summed E-state index contributed by atoms with van der Waals surface area (Å²) < 4.78 is 33.3. The fourth-order valence-corrected chi connectivity index (χ4v) is 4.57. The SMILES string of the molecule is COc1cc(C)c(C)cc1S(=O)(=O)Nc1nc(-c2ccccc2)cs1. The molecule has 130 valence electrons. The van der Waals surface area contributed by atoms with Gasteiger partial charge in [0.25, 0.3) is 10.0 Å². The summed E-state index contributed by atoms with van der Waals surface area (Å²) in [6.07, 6.45) is 0. The number of sulfonamides is 1. The summed E-state index contributed by atoms with van der Waals surface area (Å²) in [5.74, 6) is 0.315. The minimum atomic E-state index is -3.79. The molecule has 7 heteroatoms. The lowest BCUT2D eigenvalue weighted by Crippen LogP contribution is -2.14. The highest BCUT2D eigenvalue weighted by molar-refractivity contribution is 7.93. The van der Waals surface area contributed by atoms with Crippen LogP contribution >= 0.6 is 11.3 Å². The maximum Gasteiger partial charge on any atom is 0.267 e. The molecule has 3 aromatic rings. The molecule has 1 aromatic heterocycles. The summed E-state index contributed by atoms with van der Waals surface area (Å²) in [6, 6.07) is 12.9. The number of hydrogen-bond acceptors (Lipinski definition) is 5. The first-order chi connectivity index (χ1) is 11.9. The van der Waals surface area contributed by atoms with Gasteiger partial charge >= 0.3 is 0 Å². The van der Waals surface area contributed by atoms with Crippen LogP contribution in [0, 0.1) is 13.8 Å². The van der Waals surface area contributed by atoms with Crippen LogP contribution in [0.5, 0.6) is 5.75 Å². The average Bonchev–Trinajstić information content (AvgIpc) is 3.05. The third kappa shape index (κ3) is 3.67. The Morgan fingerprint density at radius 3 is 2.44 bits per heavy atom. The van der Waals surface area contributed by atoms with E-state index in [2.05, 4.69) is 9.71 Å². The Morgan fingerprint density at radius 1 is 1.08 bits per heavy atom. The maximum absolute atomic E-state index is 12.8. The monoisotopic (exact) mass is 374 g/mol. The summed E-state index contributed by atoms with van der Waals surface area (Å²) in [6.45, 7) is 3.78. The van der Waals surface area contributed by atoms with Crippen LogP contribution in [0.25, 0.3) is 11.3 Å². The number of nitrogens with one attached hydrogen (secondary N) is 1. The smallest absolute Gasteiger partial charge is 0.267 e.